The molecule has 0 aliphatic heterocycles. The number of carbonyl (C=O) groups excluding carboxylic acids is 2. The number of esters is 1. The molecule has 0 aliphatic rings. The Labute approximate surface area is 181 Å². The number of aryl methyl sites for hydroxylation is 2. The minimum atomic E-state index is -0.982. The van der Waals surface area contributed by atoms with E-state index in [1.165, 1.54) is 0 Å². The van der Waals surface area contributed by atoms with Gasteiger partial charge in [-0.1, -0.05) is 49.3 Å². The second-order valence-electron chi connectivity index (χ2n) is 7.51. The Morgan fingerprint density at radius 3 is 2.35 bits per heavy atom. The van der Waals surface area contributed by atoms with Crippen LogP contribution in [-0.2, 0) is 14.3 Å². The highest BCUT2D eigenvalue weighted by Crippen LogP contribution is 2.33. The van der Waals surface area contributed by atoms with E-state index >= 15 is 0 Å². The molecule has 0 unspecified atom stereocenters. The summed E-state index contributed by atoms with van der Waals surface area (Å²) in [6.45, 7) is 7.84. The van der Waals surface area contributed by atoms with Crippen molar-refractivity contribution in [2.24, 2.45) is 5.92 Å². The van der Waals surface area contributed by atoms with E-state index in [9.17, 15) is 9.59 Å². The van der Waals surface area contributed by atoms with E-state index in [1.807, 2.05) is 44.2 Å². The molecule has 0 bridgehead atoms. The average molecular weight is 422 g/mol. The van der Waals surface area contributed by atoms with Gasteiger partial charge in [-0.05, 0) is 37.5 Å². The van der Waals surface area contributed by atoms with Crippen molar-refractivity contribution in [1.29, 1.82) is 0 Å². The van der Waals surface area contributed by atoms with Crippen LogP contribution in [0.15, 0.2) is 47.0 Å². The molecular weight excluding hydrogens is 396 g/mol. The zero-order valence-electron chi connectivity index (χ0n) is 18.2. The molecule has 0 spiro atoms. The molecule has 3 rings (SSSR count). The topological polar surface area (TPSA) is 106 Å². The molecule has 0 fully saturated rings. The number of carbonyl (C=O) groups is 2. The number of benzene rings is 1. The minimum Gasteiger partial charge on any atom is -0.462 e. The number of amides is 1. The van der Waals surface area contributed by atoms with Crippen molar-refractivity contribution in [3.05, 3.63) is 59.5 Å². The molecule has 8 nitrogen and oxygen atoms in total. The van der Waals surface area contributed by atoms with Crippen LogP contribution >= 0.6 is 0 Å². The Morgan fingerprint density at radius 2 is 1.77 bits per heavy atom. The van der Waals surface area contributed by atoms with Gasteiger partial charge in [0.15, 0.2) is 5.82 Å². The van der Waals surface area contributed by atoms with Gasteiger partial charge in [0.05, 0.1) is 35.8 Å². The van der Waals surface area contributed by atoms with Gasteiger partial charge in [0.25, 0.3) is 0 Å². The Balaban J connectivity index is 2.05. The number of aromatic nitrogens is 2. The molecule has 1 aromatic carbocycles. The molecule has 3 aromatic rings. The van der Waals surface area contributed by atoms with Crippen LogP contribution in [-0.4, -0.2) is 29.1 Å². The average Bonchev–Trinajstić information content (AvgIpc) is 3.10. The predicted octanol–water partition coefficient (Wildman–Crippen LogP) is 4.27. The lowest BCUT2D eigenvalue weighted by atomic mass is 9.96. The Morgan fingerprint density at radius 1 is 1.06 bits per heavy atom. The van der Waals surface area contributed by atoms with Gasteiger partial charge in [0.2, 0.25) is 0 Å². The summed E-state index contributed by atoms with van der Waals surface area (Å²) in [6.07, 6.45) is 0. The molecule has 0 saturated heterocycles. The zero-order valence-corrected chi connectivity index (χ0v) is 18.2. The van der Waals surface area contributed by atoms with Crippen LogP contribution in [0.1, 0.15) is 36.9 Å². The predicted molar refractivity (Wildman–Crippen MR) is 117 cm³/mol. The number of methoxy groups -OCH3 is 1. The van der Waals surface area contributed by atoms with E-state index < -0.39 is 11.9 Å². The van der Waals surface area contributed by atoms with Crippen molar-refractivity contribution in [3.8, 4) is 11.3 Å². The van der Waals surface area contributed by atoms with Gasteiger partial charge in [0.1, 0.15) is 5.76 Å². The number of nitrogens with one attached hydrogen (secondary N) is 2. The molecule has 2 aromatic heterocycles. The van der Waals surface area contributed by atoms with E-state index in [1.54, 1.807) is 12.1 Å². The third-order valence-corrected chi connectivity index (χ3v) is 4.92. The molecule has 0 saturated carbocycles. The number of hydrogen-bond acceptors (Lipinski definition) is 7. The summed E-state index contributed by atoms with van der Waals surface area (Å²) < 4.78 is 9.79. The van der Waals surface area contributed by atoms with Crippen molar-refractivity contribution in [3.63, 3.8) is 0 Å². The maximum atomic E-state index is 12.1. The second kappa shape index (κ2) is 9.42. The minimum absolute atomic E-state index is 0.0811. The third kappa shape index (κ3) is 4.91. The van der Waals surface area contributed by atoms with Crippen molar-refractivity contribution < 1.29 is 18.8 Å². The van der Waals surface area contributed by atoms with Crippen LogP contribution in [0.4, 0.5) is 11.5 Å². The molecule has 31 heavy (non-hydrogen) atoms. The van der Waals surface area contributed by atoms with Gasteiger partial charge in [-0.3, -0.25) is 4.79 Å². The van der Waals surface area contributed by atoms with Gasteiger partial charge < -0.3 is 19.9 Å². The summed E-state index contributed by atoms with van der Waals surface area (Å²) >= 11 is 0. The normalized spacial score (nSPS) is 11.8. The largest absolute Gasteiger partial charge is 0.462 e. The van der Waals surface area contributed by atoms with E-state index in [4.69, 9.17) is 9.51 Å². The van der Waals surface area contributed by atoms with Gasteiger partial charge in [-0.25, -0.2) is 9.78 Å². The monoisotopic (exact) mass is 422 g/mol. The molecule has 2 N–H and O–H groups in total. The SMILES string of the molecule is COC(=O)C(=O)Nc1ccc(-c2c(C)noc2C)nc1N[C@H](c1ccccc1)C(C)C. The fourth-order valence-electron chi connectivity index (χ4n) is 3.37. The summed E-state index contributed by atoms with van der Waals surface area (Å²) in [5.41, 5.74) is 3.59. The van der Waals surface area contributed by atoms with Crippen LogP contribution in [0.5, 0.6) is 0 Å². The summed E-state index contributed by atoms with van der Waals surface area (Å²) in [6, 6.07) is 13.3. The standard InChI is InChI=1S/C23H26N4O4/c1-13(2)20(16-9-7-6-8-10-16)26-21-18(25-22(28)23(29)30-5)12-11-17(24-21)19-14(3)27-31-15(19)4/h6-13,20H,1-5H3,(H,24,26)(H,25,28)/t20-/m0/s1. The van der Waals surface area contributed by atoms with E-state index in [2.05, 4.69) is 34.4 Å². The number of anilines is 2. The fourth-order valence-corrected chi connectivity index (χ4v) is 3.37. The first kappa shape index (κ1) is 22.0. The van der Waals surface area contributed by atoms with E-state index in [0.29, 0.717) is 28.7 Å². The molecule has 0 radical (unpaired) electrons. The maximum Gasteiger partial charge on any atom is 0.396 e. The fraction of sp³-hybridized carbons (Fsp3) is 0.304. The number of rotatable bonds is 6. The first-order valence-corrected chi connectivity index (χ1v) is 9.96. The Kier molecular flexibility index (Phi) is 6.69. The van der Waals surface area contributed by atoms with Crippen molar-refractivity contribution in [2.45, 2.75) is 33.7 Å². The molecule has 162 valence electrons. The first-order chi connectivity index (χ1) is 14.8. The van der Waals surface area contributed by atoms with Gasteiger partial charge in [0, 0.05) is 0 Å². The van der Waals surface area contributed by atoms with Crippen molar-refractivity contribution in [1.82, 2.24) is 10.1 Å². The number of pyridine rings is 1. The summed E-state index contributed by atoms with van der Waals surface area (Å²) in [5.74, 6) is -0.568. The molecule has 0 aliphatic carbocycles. The van der Waals surface area contributed by atoms with Crippen LogP contribution in [0.3, 0.4) is 0 Å². The molecule has 2 heterocycles. The lowest BCUT2D eigenvalue weighted by Crippen LogP contribution is -2.25. The quantitative estimate of drug-likeness (QED) is 0.451. The summed E-state index contributed by atoms with van der Waals surface area (Å²) in [4.78, 5) is 28.5. The number of ether oxygens (including phenoxy) is 1. The van der Waals surface area contributed by atoms with Crippen molar-refractivity contribution >= 4 is 23.4 Å². The molecular formula is C23H26N4O4. The van der Waals surface area contributed by atoms with Crippen LogP contribution in [0.2, 0.25) is 0 Å². The van der Waals surface area contributed by atoms with E-state index in [-0.39, 0.29) is 12.0 Å². The lowest BCUT2D eigenvalue weighted by Gasteiger charge is -2.25. The Bertz CT molecular complexity index is 1060. The zero-order chi connectivity index (χ0) is 22.5. The number of hydrogen-bond donors (Lipinski definition) is 2. The molecule has 8 heteroatoms. The second-order valence-corrected chi connectivity index (χ2v) is 7.51. The highest BCUT2D eigenvalue weighted by molar-refractivity contribution is 6.37. The Hall–Kier alpha value is -3.68. The van der Waals surface area contributed by atoms with Gasteiger partial charge in [-0.15, -0.1) is 0 Å². The lowest BCUT2D eigenvalue weighted by molar-refractivity contribution is -0.150. The molecule has 1 amide bonds. The van der Waals surface area contributed by atoms with Gasteiger partial charge in [-0.2, -0.15) is 0 Å². The van der Waals surface area contributed by atoms with Crippen molar-refractivity contribution in [2.75, 3.05) is 17.7 Å². The summed E-state index contributed by atoms with van der Waals surface area (Å²) in [5, 5.41) is 10.0. The maximum absolute atomic E-state index is 12.1. The third-order valence-electron chi connectivity index (χ3n) is 4.92. The summed E-state index contributed by atoms with van der Waals surface area (Å²) in [7, 11) is 1.16. The highest BCUT2D eigenvalue weighted by atomic mass is 16.5. The van der Waals surface area contributed by atoms with Crippen LogP contribution < -0.4 is 10.6 Å². The van der Waals surface area contributed by atoms with E-state index in [0.717, 1.165) is 18.2 Å². The first-order valence-electron chi connectivity index (χ1n) is 9.96. The smallest absolute Gasteiger partial charge is 0.396 e. The van der Waals surface area contributed by atoms with Crippen LogP contribution in [0, 0.1) is 19.8 Å². The number of nitrogens with zero attached hydrogens (tertiary/aromatic N) is 2. The van der Waals surface area contributed by atoms with Gasteiger partial charge >= 0.3 is 11.9 Å². The highest BCUT2D eigenvalue weighted by Gasteiger charge is 2.22. The van der Waals surface area contributed by atoms with Crippen LogP contribution in [0.25, 0.3) is 11.3 Å². The molecule has 1 atom stereocenters.